The standard InChI is InChI=1S/C20H24N2O2/c1-24-19-9-5-6-16(14-19)15-21-18-10-12-22(13-11-18)20(23)17-7-3-2-4-8-17/h2-9,14,18,21H,10-13,15H2,1H3. The Labute approximate surface area is 143 Å². The fourth-order valence-electron chi connectivity index (χ4n) is 3.09. The summed E-state index contributed by atoms with van der Waals surface area (Å²) in [6.07, 6.45) is 1.98. The number of ether oxygens (including phenoxy) is 1. The molecule has 2 aromatic rings. The van der Waals surface area contributed by atoms with Crippen LogP contribution in [0.2, 0.25) is 0 Å². The van der Waals surface area contributed by atoms with Crippen LogP contribution in [0.25, 0.3) is 0 Å². The molecule has 0 aliphatic carbocycles. The lowest BCUT2D eigenvalue weighted by molar-refractivity contribution is 0.0704. The third-order valence-corrected chi connectivity index (χ3v) is 4.53. The van der Waals surface area contributed by atoms with Crippen LogP contribution in [-0.4, -0.2) is 37.0 Å². The molecule has 4 heteroatoms. The smallest absolute Gasteiger partial charge is 0.253 e. The van der Waals surface area contributed by atoms with Crippen molar-refractivity contribution in [2.24, 2.45) is 0 Å². The number of nitrogens with zero attached hydrogens (tertiary/aromatic N) is 1. The van der Waals surface area contributed by atoms with E-state index >= 15 is 0 Å². The second-order valence-corrected chi connectivity index (χ2v) is 6.16. The average Bonchev–Trinajstić information content (AvgIpc) is 2.67. The molecule has 0 atom stereocenters. The number of piperidine rings is 1. The zero-order valence-electron chi connectivity index (χ0n) is 14.1. The van der Waals surface area contributed by atoms with Gasteiger partial charge in [-0.25, -0.2) is 0 Å². The number of nitrogens with one attached hydrogen (secondary N) is 1. The van der Waals surface area contributed by atoms with E-state index < -0.39 is 0 Å². The summed E-state index contributed by atoms with van der Waals surface area (Å²) in [7, 11) is 1.69. The first-order valence-corrected chi connectivity index (χ1v) is 8.47. The number of carbonyl (C=O) groups excluding carboxylic acids is 1. The Hall–Kier alpha value is -2.33. The Morgan fingerprint density at radius 1 is 1.12 bits per heavy atom. The van der Waals surface area contributed by atoms with Crippen LogP contribution >= 0.6 is 0 Å². The van der Waals surface area contributed by atoms with E-state index in [2.05, 4.69) is 17.4 Å². The highest BCUT2D eigenvalue weighted by Gasteiger charge is 2.23. The molecule has 24 heavy (non-hydrogen) atoms. The first-order chi connectivity index (χ1) is 11.8. The Morgan fingerprint density at radius 2 is 1.88 bits per heavy atom. The van der Waals surface area contributed by atoms with Crippen molar-refractivity contribution in [1.82, 2.24) is 10.2 Å². The summed E-state index contributed by atoms with van der Waals surface area (Å²) in [5.41, 5.74) is 2.00. The van der Waals surface area contributed by atoms with E-state index in [0.29, 0.717) is 6.04 Å². The molecule has 1 N–H and O–H groups in total. The Balaban J connectivity index is 1.47. The van der Waals surface area contributed by atoms with Crippen LogP contribution in [0.15, 0.2) is 54.6 Å². The SMILES string of the molecule is COc1cccc(CNC2CCN(C(=O)c3ccccc3)CC2)c1. The number of carbonyl (C=O) groups is 1. The molecule has 1 aliphatic heterocycles. The summed E-state index contributed by atoms with van der Waals surface area (Å²) < 4.78 is 5.26. The third kappa shape index (κ3) is 4.15. The lowest BCUT2D eigenvalue weighted by Gasteiger charge is -2.32. The van der Waals surface area contributed by atoms with Gasteiger partial charge in [0.25, 0.3) is 5.91 Å². The van der Waals surface area contributed by atoms with Gasteiger partial charge >= 0.3 is 0 Å². The maximum Gasteiger partial charge on any atom is 0.253 e. The highest BCUT2D eigenvalue weighted by atomic mass is 16.5. The van der Waals surface area contributed by atoms with Gasteiger partial charge in [0.2, 0.25) is 0 Å². The van der Waals surface area contributed by atoms with E-state index in [-0.39, 0.29) is 5.91 Å². The Morgan fingerprint density at radius 3 is 2.58 bits per heavy atom. The predicted molar refractivity (Wildman–Crippen MR) is 95.2 cm³/mol. The van der Waals surface area contributed by atoms with E-state index in [4.69, 9.17) is 4.74 Å². The minimum Gasteiger partial charge on any atom is -0.497 e. The number of benzene rings is 2. The van der Waals surface area contributed by atoms with Crippen LogP contribution in [0.4, 0.5) is 0 Å². The first-order valence-electron chi connectivity index (χ1n) is 8.47. The van der Waals surface area contributed by atoms with Crippen LogP contribution < -0.4 is 10.1 Å². The summed E-state index contributed by atoms with van der Waals surface area (Å²) in [5.74, 6) is 1.03. The molecule has 1 fully saturated rings. The van der Waals surface area contributed by atoms with Crippen molar-refractivity contribution in [2.45, 2.75) is 25.4 Å². The molecule has 3 rings (SSSR count). The van der Waals surface area contributed by atoms with Gasteiger partial charge in [0.05, 0.1) is 7.11 Å². The number of rotatable bonds is 5. The van der Waals surface area contributed by atoms with Gasteiger partial charge in [0.15, 0.2) is 0 Å². The van der Waals surface area contributed by atoms with Crippen molar-refractivity contribution < 1.29 is 9.53 Å². The van der Waals surface area contributed by atoms with Crippen LogP contribution in [0.5, 0.6) is 5.75 Å². The van der Waals surface area contributed by atoms with Crippen molar-refractivity contribution >= 4 is 5.91 Å². The highest BCUT2D eigenvalue weighted by molar-refractivity contribution is 5.94. The molecule has 1 aliphatic rings. The van der Waals surface area contributed by atoms with Crippen LogP contribution in [0, 0.1) is 0 Å². The highest BCUT2D eigenvalue weighted by Crippen LogP contribution is 2.16. The van der Waals surface area contributed by atoms with Crippen molar-refractivity contribution in [3.63, 3.8) is 0 Å². The first kappa shape index (κ1) is 16.5. The normalized spacial score (nSPS) is 15.3. The molecule has 2 aromatic carbocycles. The molecule has 0 aromatic heterocycles. The fourth-order valence-corrected chi connectivity index (χ4v) is 3.09. The molecular weight excluding hydrogens is 300 g/mol. The van der Waals surface area contributed by atoms with E-state index in [1.54, 1.807) is 7.11 Å². The summed E-state index contributed by atoms with van der Waals surface area (Å²) in [6, 6.07) is 18.1. The van der Waals surface area contributed by atoms with Crippen LogP contribution in [0.3, 0.4) is 0 Å². The van der Waals surface area contributed by atoms with Crippen molar-refractivity contribution in [1.29, 1.82) is 0 Å². The zero-order valence-corrected chi connectivity index (χ0v) is 14.1. The number of amides is 1. The van der Waals surface area contributed by atoms with Gasteiger partial charge in [-0.05, 0) is 42.7 Å². The average molecular weight is 324 g/mol. The van der Waals surface area contributed by atoms with Gasteiger partial charge < -0.3 is 15.0 Å². The third-order valence-electron chi connectivity index (χ3n) is 4.53. The van der Waals surface area contributed by atoms with E-state index in [0.717, 1.165) is 43.8 Å². The van der Waals surface area contributed by atoms with Gasteiger partial charge in [-0.3, -0.25) is 4.79 Å². The summed E-state index contributed by atoms with van der Waals surface area (Å²) in [6.45, 7) is 2.45. The second kappa shape index (κ2) is 7.97. The zero-order chi connectivity index (χ0) is 16.8. The van der Waals surface area contributed by atoms with Gasteiger partial charge in [-0.15, -0.1) is 0 Å². The van der Waals surface area contributed by atoms with E-state index in [9.17, 15) is 4.79 Å². The van der Waals surface area contributed by atoms with Gasteiger partial charge in [0.1, 0.15) is 5.75 Å². The molecule has 0 spiro atoms. The summed E-state index contributed by atoms with van der Waals surface area (Å²) >= 11 is 0. The quantitative estimate of drug-likeness (QED) is 0.919. The fraction of sp³-hybridized carbons (Fsp3) is 0.350. The van der Waals surface area contributed by atoms with Crippen molar-refractivity contribution in [3.05, 3.63) is 65.7 Å². The largest absolute Gasteiger partial charge is 0.497 e. The van der Waals surface area contributed by atoms with Crippen LogP contribution in [0.1, 0.15) is 28.8 Å². The van der Waals surface area contributed by atoms with E-state index in [1.807, 2.05) is 47.4 Å². The van der Waals surface area contributed by atoms with Gasteiger partial charge in [0, 0.05) is 31.2 Å². The number of methoxy groups -OCH3 is 1. The maximum absolute atomic E-state index is 12.4. The molecule has 0 radical (unpaired) electrons. The van der Waals surface area contributed by atoms with Crippen molar-refractivity contribution in [3.8, 4) is 5.75 Å². The minimum atomic E-state index is 0.141. The maximum atomic E-state index is 12.4. The molecule has 0 unspecified atom stereocenters. The molecule has 0 saturated carbocycles. The summed E-state index contributed by atoms with van der Waals surface area (Å²) in [5, 5.41) is 3.59. The minimum absolute atomic E-state index is 0.141. The van der Waals surface area contributed by atoms with Gasteiger partial charge in [-0.1, -0.05) is 30.3 Å². The number of likely N-dealkylation sites (tertiary alicyclic amines) is 1. The van der Waals surface area contributed by atoms with E-state index in [1.165, 1.54) is 5.56 Å². The van der Waals surface area contributed by atoms with Gasteiger partial charge in [-0.2, -0.15) is 0 Å². The predicted octanol–water partition coefficient (Wildman–Crippen LogP) is 3.09. The molecule has 1 heterocycles. The molecule has 0 bridgehead atoms. The topological polar surface area (TPSA) is 41.6 Å². The molecule has 1 saturated heterocycles. The van der Waals surface area contributed by atoms with Crippen LogP contribution in [-0.2, 0) is 6.54 Å². The Kier molecular flexibility index (Phi) is 5.49. The molecule has 126 valence electrons. The second-order valence-electron chi connectivity index (χ2n) is 6.16. The number of hydrogen-bond acceptors (Lipinski definition) is 3. The monoisotopic (exact) mass is 324 g/mol. The lowest BCUT2D eigenvalue weighted by Crippen LogP contribution is -2.44. The molecular formula is C20H24N2O2. The molecule has 1 amide bonds. The summed E-state index contributed by atoms with van der Waals surface area (Å²) in [4.78, 5) is 14.4. The Bertz CT molecular complexity index is 664. The molecule has 4 nitrogen and oxygen atoms in total. The lowest BCUT2D eigenvalue weighted by atomic mass is 10.0. The number of hydrogen-bond donors (Lipinski definition) is 1. The van der Waals surface area contributed by atoms with Crippen molar-refractivity contribution in [2.75, 3.05) is 20.2 Å².